The molecule has 3 heterocycles. The highest BCUT2D eigenvalue weighted by Gasteiger charge is 2.29. The lowest BCUT2D eigenvalue weighted by atomic mass is 10.0. The number of H-pyrrole nitrogens is 1. The molecule has 0 bridgehead atoms. The van der Waals surface area contributed by atoms with Crippen molar-refractivity contribution in [3.63, 3.8) is 0 Å². The molecule has 2 aromatic heterocycles. The number of benzene rings is 3. The summed E-state index contributed by atoms with van der Waals surface area (Å²) in [5.41, 5.74) is 11.8. The van der Waals surface area contributed by atoms with E-state index in [0.717, 1.165) is 51.7 Å². The molecule has 6 rings (SSSR count). The summed E-state index contributed by atoms with van der Waals surface area (Å²) in [6.45, 7) is 1.40. The van der Waals surface area contributed by atoms with E-state index in [1.807, 2.05) is 41.4 Å². The summed E-state index contributed by atoms with van der Waals surface area (Å²) in [5.74, 6) is 1.03. The summed E-state index contributed by atoms with van der Waals surface area (Å²) in [7, 11) is 0. The van der Waals surface area contributed by atoms with E-state index in [0.29, 0.717) is 19.5 Å². The minimum absolute atomic E-state index is 0.0347. The van der Waals surface area contributed by atoms with Gasteiger partial charge in [-0.1, -0.05) is 60.7 Å². The number of carbonyl (C=O) groups is 1. The third-order valence-corrected chi connectivity index (χ3v) is 7.20. The van der Waals surface area contributed by atoms with Crippen LogP contribution in [-0.2, 0) is 11.2 Å². The van der Waals surface area contributed by atoms with Gasteiger partial charge >= 0.3 is 0 Å². The summed E-state index contributed by atoms with van der Waals surface area (Å²) in [4.78, 5) is 23.4. The SMILES string of the molecule is NC(Cc1c[nH]c2ccccc12)C(=O)N1CCC(n2c(-c3ccccc3)nc3ccccc32)CC1. The van der Waals surface area contributed by atoms with Gasteiger partial charge < -0.3 is 20.2 Å². The first-order valence-corrected chi connectivity index (χ1v) is 12.3. The van der Waals surface area contributed by atoms with Crippen molar-refractivity contribution in [1.29, 1.82) is 0 Å². The molecule has 1 aliphatic heterocycles. The van der Waals surface area contributed by atoms with Crippen molar-refractivity contribution in [1.82, 2.24) is 19.4 Å². The molecule has 1 atom stereocenters. The monoisotopic (exact) mass is 463 g/mol. The topological polar surface area (TPSA) is 79.9 Å². The average Bonchev–Trinajstić information content (AvgIpc) is 3.50. The van der Waals surface area contributed by atoms with E-state index in [1.54, 1.807) is 0 Å². The predicted molar refractivity (Wildman–Crippen MR) is 140 cm³/mol. The van der Waals surface area contributed by atoms with Crippen molar-refractivity contribution in [2.45, 2.75) is 31.3 Å². The summed E-state index contributed by atoms with van der Waals surface area (Å²) in [6, 6.07) is 26.5. The Morgan fingerprint density at radius 3 is 2.51 bits per heavy atom. The zero-order valence-electron chi connectivity index (χ0n) is 19.6. The first-order chi connectivity index (χ1) is 17.2. The molecule has 3 aromatic carbocycles. The van der Waals surface area contributed by atoms with Crippen LogP contribution >= 0.6 is 0 Å². The summed E-state index contributed by atoms with van der Waals surface area (Å²) < 4.78 is 2.37. The van der Waals surface area contributed by atoms with E-state index in [-0.39, 0.29) is 11.9 Å². The molecule has 6 nitrogen and oxygen atoms in total. The fraction of sp³-hybridized carbons (Fsp3) is 0.241. The normalized spacial score (nSPS) is 15.6. The highest BCUT2D eigenvalue weighted by atomic mass is 16.2. The Morgan fingerprint density at radius 1 is 0.971 bits per heavy atom. The Labute approximate surface area is 204 Å². The molecule has 1 saturated heterocycles. The highest BCUT2D eigenvalue weighted by molar-refractivity contribution is 5.86. The van der Waals surface area contributed by atoms with Crippen molar-refractivity contribution in [3.8, 4) is 11.4 Å². The van der Waals surface area contributed by atoms with Crippen LogP contribution in [0.25, 0.3) is 33.3 Å². The zero-order valence-corrected chi connectivity index (χ0v) is 19.6. The summed E-state index contributed by atoms with van der Waals surface area (Å²) in [6.07, 6.45) is 4.27. The maximum absolute atomic E-state index is 13.2. The Kier molecular flexibility index (Phi) is 5.58. The van der Waals surface area contributed by atoms with Crippen molar-refractivity contribution in [3.05, 3.63) is 90.6 Å². The van der Waals surface area contributed by atoms with Gasteiger partial charge in [-0.15, -0.1) is 0 Å². The van der Waals surface area contributed by atoms with E-state index in [2.05, 4.69) is 58.1 Å². The van der Waals surface area contributed by atoms with Gasteiger partial charge in [0.2, 0.25) is 5.91 Å². The van der Waals surface area contributed by atoms with Gasteiger partial charge in [0.05, 0.1) is 17.1 Å². The van der Waals surface area contributed by atoms with Gasteiger partial charge in [-0.3, -0.25) is 4.79 Å². The molecule has 0 spiro atoms. The van der Waals surface area contributed by atoms with E-state index in [4.69, 9.17) is 10.7 Å². The van der Waals surface area contributed by atoms with Gasteiger partial charge in [-0.05, 0) is 43.0 Å². The quantitative estimate of drug-likeness (QED) is 0.388. The van der Waals surface area contributed by atoms with Crippen molar-refractivity contribution < 1.29 is 4.79 Å². The lowest BCUT2D eigenvalue weighted by Crippen LogP contribution is -2.48. The molecule has 3 N–H and O–H groups in total. The average molecular weight is 464 g/mol. The number of para-hydroxylation sites is 3. The number of nitrogens with one attached hydrogen (secondary N) is 1. The molecule has 1 fully saturated rings. The number of fused-ring (bicyclic) bond motifs is 2. The first kappa shape index (κ1) is 21.6. The van der Waals surface area contributed by atoms with Gasteiger partial charge in [-0.2, -0.15) is 0 Å². The van der Waals surface area contributed by atoms with Gasteiger partial charge in [-0.25, -0.2) is 4.98 Å². The zero-order chi connectivity index (χ0) is 23.8. The summed E-state index contributed by atoms with van der Waals surface area (Å²) >= 11 is 0. The standard InChI is InChI=1S/C29H29N5O/c30-24(18-21-19-31-25-11-5-4-10-23(21)25)29(35)33-16-14-22(15-17-33)34-27-13-7-6-12-26(27)32-28(34)20-8-2-1-3-9-20/h1-13,19,22,24,31H,14-18,30H2. The number of nitrogens with zero attached hydrogens (tertiary/aromatic N) is 3. The number of nitrogens with two attached hydrogens (primary N) is 1. The summed E-state index contributed by atoms with van der Waals surface area (Å²) in [5, 5.41) is 1.13. The van der Waals surface area contributed by atoms with Crippen LogP contribution in [0.5, 0.6) is 0 Å². The van der Waals surface area contributed by atoms with E-state index in [9.17, 15) is 4.79 Å². The number of rotatable bonds is 5. The van der Waals surface area contributed by atoms with Gasteiger partial charge in [0.1, 0.15) is 5.82 Å². The van der Waals surface area contributed by atoms with Crippen molar-refractivity contribution in [2.75, 3.05) is 13.1 Å². The van der Waals surface area contributed by atoms with Crippen molar-refractivity contribution >= 4 is 27.8 Å². The second-order valence-corrected chi connectivity index (χ2v) is 9.39. The van der Waals surface area contributed by atoms with Crippen LogP contribution in [0.4, 0.5) is 0 Å². The maximum atomic E-state index is 13.2. The number of imidazole rings is 1. The highest BCUT2D eigenvalue weighted by Crippen LogP contribution is 2.33. The molecule has 1 amide bonds. The second-order valence-electron chi connectivity index (χ2n) is 9.39. The van der Waals surface area contributed by atoms with E-state index < -0.39 is 6.04 Å². The number of amides is 1. The van der Waals surface area contributed by atoms with Gasteiger partial charge in [0.25, 0.3) is 0 Å². The Morgan fingerprint density at radius 2 is 1.69 bits per heavy atom. The largest absolute Gasteiger partial charge is 0.361 e. The molecule has 1 aliphatic rings. The van der Waals surface area contributed by atoms with Crippen LogP contribution in [0.3, 0.4) is 0 Å². The molecular weight excluding hydrogens is 434 g/mol. The van der Waals surface area contributed by atoms with Crippen LogP contribution in [0.1, 0.15) is 24.4 Å². The molecule has 0 aliphatic carbocycles. The molecule has 0 radical (unpaired) electrons. The molecule has 35 heavy (non-hydrogen) atoms. The number of likely N-dealkylation sites (tertiary alicyclic amines) is 1. The minimum Gasteiger partial charge on any atom is -0.361 e. The second kappa shape index (κ2) is 9.04. The Hall–Kier alpha value is -3.90. The fourth-order valence-electron chi connectivity index (χ4n) is 5.41. The fourth-order valence-corrected chi connectivity index (χ4v) is 5.41. The van der Waals surface area contributed by atoms with Crippen molar-refractivity contribution in [2.24, 2.45) is 5.73 Å². The smallest absolute Gasteiger partial charge is 0.239 e. The number of piperidine rings is 1. The van der Waals surface area contributed by atoms with E-state index in [1.165, 1.54) is 0 Å². The number of carbonyl (C=O) groups excluding carboxylic acids is 1. The Balaban J connectivity index is 1.19. The lowest BCUT2D eigenvalue weighted by molar-refractivity contribution is -0.133. The third kappa shape index (κ3) is 4.00. The van der Waals surface area contributed by atoms with Gasteiger partial charge in [0.15, 0.2) is 0 Å². The van der Waals surface area contributed by atoms with Gasteiger partial charge in [0, 0.05) is 41.8 Å². The molecule has 1 unspecified atom stereocenters. The molecule has 176 valence electrons. The number of hydrogen-bond donors (Lipinski definition) is 2. The maximum Gasteiger partial charge on any atom is 0.239 e. The molecule has 5 aromatic rings. The number of aromatic amines is 1. The first-order valence-electron chi connectivity index (χ1n) is 12.3. The molecule has 0 saturated carbocycles. The van der Waals surface area contributed by atoms with Crippen LogP contribution in [0.15, 0.2) is 85.1 Å². The number of aromatic nitrogens is 3. The minimum atomic E-state index is -0.542. The molecular formula is C29H29N5O. The lowest BCUT2D eigenvalue weighted by Gasteiger charge is -2.35. The van der Waals surface area contributed by atoms with Crippen LogP contribution in [0, 0.1) is 0 Å². The third-order valence-electron chi connectivity index (χ3n) is 7.20. The van der Waals surface area contributed by atoms with E-state index >= 15 is 0 Å². The predicted octanol–water partition coefficient (Wildman–Crippen LogP) is 4.92. The molecule has 6 heteroatoms. The van der Waals surface area contributed by atoms with Crippen LogP contribution < -0.4 is 5.73 Å². The van der Waals surface area contributed by atoms with Crippen LogP contribution in [-0.4, -0.2) is 44.5 Å². The number of hydrogen-bond acceptors (Lipinski definition) is 3. The Bertz CT molecular complexity index is 1480. The van der Waals surface area contributed by atoms with Crippen LogP contribution in [0.2, 0.25) is 0 Å².